The largest absolute Gasteiger partial charge is 0.338 e. The molecule has 0 bridgehead atoms. The van der Waals surface area contributed by atoms with Gasteiger partial charge >= 0.3 is 0 Å². The van der Waals surface area contributed by atoms with Gasteiger partial charge in [-0.2, -0.15) is 0 Å². The normalized spacial score (nSPS) is 14.2. The van der Waals surface area contributed by atoms with Gasteiger partial charge in [-0.1, -0.05) is 48.5 Å². The van der Waals surface area contributed by atoms with Gasteiger partial charge in [0.25, 0.3) is 0 Å². The molecule has 1 aliphatic heterocycles. The van der Waals surface area contributed by atoms with Crippen molar-refractivity contribution in [2.45, 2.75) is 30.8 Å². The molecule has 1 saturated heterocycles. The van der Waals surface area contributed by atoms with Crippen LogP contribution in [0.3, 0.4) is 0 Å². The minimum atomic E-state index is -4.16. The lowest BCUT2D eigenvalue weighted by Crippen LogP contribution is -2.24. The van der Waals surface area contributed by atoms with Crippen LogP contribution in [0, 0.1) is 11.6 Å². The van der Waals surface area contributed by atoms with Crippen molar-refractivity contribution in [2.75, 3.05) is 6.54 Å². The van der Waals surface area contributed by atoms with Crippen LogP contribution in [-0.2, 0) is 27.9 Å². The topological polar surface area (TPSA) is 66.5 Å². The van der Waals surface area contributed by atoms with Crippen molar-refractivity contribution >= 4 is 15.9 Å². The fraction of sp³-hybridized carbons (Fsp3) is 0.208. The summed E-state index contributed by atoms with van der Waals surface area (Å²) in [7, 11) is -4.16. The van der Waals surface area contributed by atoms with E-state index in [-0.39, 0.29) is 12.5 Å². The van der Waals surface area contributed by atoms with E-state index in [9.17, 15) is 22.0 Å². The highest BCUT2D eigenvalue weighted by molar-refractivity contribution is 7.89. The molecule has 4 rings (SSSR count). The number of benzene rings is 3. The monoisotopic (exact) mass is 456 g/mol. The molecule has 1 fully saturated rings. The van der Waals surface area contributed by atoms with E-state index >= 15 is 0 Å². The van der Waals surface area contributed by atoms with Gasteiger partial charge in [0.2, 0.25) is 15.9 Å². The molecule has 3 aromatic rings. The summed E-state index contributed by atoms with van der Waals surface area (Å²) in [5.41, 5.74) is 3.46. The Labute approximate surface area is 185 Å². The number of sulfonamides is 1. The van der Waals surface area contributed by atoms with E-state index in [1.165, 1.54) is 0 Å². The standard InChI is InChI=1S/C24H22F2N2O3S/c25-20-11-12-23(22(26)14-20)32(30,31)27-15-19-4-1-2-5-21(19)18-9-7-17(8-10-18)16-28-13-3-6-24(28)29/h1-2,4-5,7-12,14,27H,3,6,13,15-16H2. The first kappa shape index (κ1) is 22.1. The summed E-state index contributed by atoms with van der Waals surface area (Å²) < 4.78 is 54.5. The van der Waals surface area contributed by atoms with Gasteiger partial charge < -0.3 is 4.90 Å². The molecule has 0 atom stereocenters. The third-order valence-electron chi connectivity index (χ3n) is 5.46. The van der Waals surface area contributed by atoms with E-state index in [0.29, 0.717) is 24.6 Å². The van der Waals surface area contributed by atoms with Crippen LogP contribution >= 0.6 is 0 Å². The average molecular weight is 457 g/mol. The first-order chi connectivity index (χ1) is 15.3. The van der Waals surface area contributed by atoms with Gasteiger partial charge in [0.1, 0.15) is 16.5 Å². The van der Waals surface area contributed by atoms with Crippen molar-refractivity contribution in [3.63, 3.8) is 0 Å². The predicted octanol–water partition coefficient (Wildman–Crippen LogP) is 4.23. The Bertz CT molecular complexity index is 1240. The first-order valence-corrected chi connectivity index (χ1v) is 11.7. The second-order valence-electron chi connectivity index (χ2n) is 7.67. The maximum atomic E-state index is 13.9. The van der Waals surface area contributed by atoms with Crippen LogP contribution in [0.1, 0.15) is 24.0 Å². The maximum Gasteiger partial charge on any atom is 0.243 e. The third kappa shape index (κ3) is 4.87. The van der Waals surface area contributed by atoms with Gasteiger partial charge in [-0.3, -0.25) is 4.79 Å². The molecule has 0 aliphatic carbocycles. The molecule has 0 aromatic heterocycles. The Kier molecular flexibility index (Phi) is 6.34. The van der Waals surface area contributed by atoms with E-state index in [1.54, 1.807) is 12.1 Å². The van der Waals surface area contributed by atoms with Gasteiger partial charge in [0, 0.05) is 32.1 Å². The summed E-state index contributed by atoms with van der Waals surface area (Å²) in [6, 6.07) is 17.4. The lowest BCUT2D eigenvalue weighted by molar-refractivity contribution is -0.128. The summed E-state index contributed by atoms with van der Waals surface area (Å²) in [5.74, 6) is -1.81. The van der Waals surface area contributed by atoms with Crippen molar-refractivity contribution in [1.29, 1.82) is 0 Å². The van der Waals surface area contributed by atoms with Gasteiger partial charge in [0.05, 0.1) is 0 Å². The van der Waals surface area contributed by atoms with Gasteiger partial charge in [-0.05, 0) is 40.8 Å². The van der Waals surface area contributed by atoms with Crippen molar-refractivity contribution in [3.05, 3.63) is 89.5 Å². The summed E-state index contributed by atoms with van der Waals surface area (Å²) in [6.45, 7) is 1.29. The second-order valence-corrected chi connectivity index (χ2v) is 9.41. The molecule has 32 heavy (non-hydrogen) atoms. The summed E-state index contributed by atoms with van der Waals surface area (Å²) in [5, 5.41) is 0. The Hall–Kier alpha value is -3.10. The lowest BCUT2D eigenvalue weighted by atomic mass is 9.98. The second kappa shape index (κ2) is 9.18. The van der Waals surface area contributed by atoms with Crippen LogP contribution in [0.5, 0.6) is 0 Å². The number of halogens is 2. The van der Waals surface area contributed by atoms with E-state index in [4.69, 9.17) is 0 Å². The molecule has 0 spiro atoms. The van der Waals surface area contributed by atoms with E-state index in [0.717, 1.165) is 41.8 Å². The summed E-state index contributed by atoms with van der Waals surface area (Å²) in [4.78, 5) is 13.1. The summed E-state index contributed by atoms with van der Waals surface area (Å²) >= 11 is 0. The number of carbonyl (C=O) groups excluding carboxylic acids is 1. The predicted molar refractivity (Wildman–Crippen MR) is 117 cm³/mol. The van der Waals surface area contributed by atoms with Gasteiger partial charge in [-0.25, -0.2) is 21.9 Å². The number of amides is 1. The average Bonchev–Trinajstić information content (AvgIpc) is 3.17. The van der Waals surface area contributed by atoms with Gasteiger partial charge in [-0.15, -0.1) is 0 Å². The maximum absolute atomic E-state index is 13.9. The molecule has 0 radical (unpaired) electrons. The van der Waals surface area contributed by atoms with Crippen molar-refractivity contribution in [1.82, 2.24) is 9.62 Å². The number of hydrogen-bond acceptors (Lipinski definition) is 3. The zero-order valence-electron chi connectivity index (χ0n) is 17.2. The molecule has 8 heteroatoms. The van der Waals surface area contributed by atoms with Crippen molar-refractivity contribution in [3.8, 4) is 11.1 Å². The molecule has 1 amide bonds. The van der Waals surface area contributed by atoms with Crippen LogP contribution < -0.4 is 4.72 Å². The number of rotatable bonds is 7. The molecule has 1 N–H and O–H groups in total. The number of nitrogens with one attached hydrogen (secondary N) is 1. The molecular weight excluding hydrogens is 434 g/mol. The lowest BCUT2D eigenvalue weighted by Gasteiger charge is -2.16. The summed E-state index contributed by atoms with van der Waals surface area (Å²) in [6.07, 6.45) is 1.49. The SMILES string of the molecule is O=C1CCCN1Cc1ccc(-c2ccccc2CNS(=O)(=O)c2ccc(F)cc2F)cc1. The minimum absolute atomic E-state index is 0.0562. The highest BCUT2D eigenvalue weighted by atomic mass is 32.2. The third-order valence-corrected chi connectivity index (χ3v) is 6.90. The zero-order chi connectivity index (χ0) is 22.7. The molecule has 5 nitrogen and oxygen atoms in total. The van der Waals surface area contributed by atoms with Crippen LogP contribution in [0.25, 0.3) is 11.1 Å². The quantitative estimate of drug-likeness (QED) is 0.579. The first-order valence-electron chi connectivity index (χ1n) is 10.2. The number of hydrogen-bond donors (Lipinski definition) is 1. The van der Waals surface area contributed by atoms with E-state index in [2.05, 4.69) is 4.72 Å². The Morgan fingerprint density at radius 3 is 2.41 bits per heavy atom. The van der Waals surface area contributed by atoms with E-state index in [1.807, 2.05) is 41.3 Å². The van der Waals surface area contributed by atoms with Crippen molar-refractivity contribution < 1.29 is 22.0 Å². The molecule has 1 aliphatic rings. The molecule has 3 aromatic carbocycles. The van der Waals surface area contributed by atoms with Crippen LogP contribution in [0.4, 0.5) is 8.78 Å². The van der Waals surface area contributed by atoms with Crippen LogP contribution in [-0.4, -0.2) is 25.8 Å². The molecule has 0 unspecified atom stereocenters. The number of nitrogens with zero attached hydrogens (tertiary/aromatic N) is 1. The molecule has 1 heterocycles. The van der Waals surface area contributed by atoms with Crippen molar-refractivity contribution in [2.24, 2.45) is 0 Å². The Balaban J connectivity index is 1.51. The Morgan fingerprint density at radius 1 is 0.969 bits per heavy atom. The highest BCUT2D eigenvalue weighted by Gasteiger charge is 2.21. The molecular formula is C24H22F2N2O3S. The van der Waals surface area contributed by atoms with Gasteiger partial charge in [0.15, 0.2) is 0 Å². The van der Waals surface area contributed by atoms with E-state index < -0.39 is 26.6 Å². The molecule has 0 saturated carbocycles. The number of likely N-dealkylation sites (tertiary alicyclic amines) is 1. The zero-order valence-corrected chi connectivity index (χ0v) is 18.0. The van der Waals surface area contributed by atoms with Crippen LogP contribution in [0.2, 0.25) is 0 Å². The fourth-order valence-corrected chi connectivity index (χ4v) is 4.84. The highest BCUT2D eigenvalue weighted by Crippen LogP contribution is 2.26. The minimum Gasteiger partial charge on any atom is -0.338 e. The Morgan fingerprint density at radius 2 is 1.72 bits per heavy atom. The van der Waals surface area contributed by atoms with Crippen LogP contribution in [0.15, 0.2) is 71.6 Å². The fourth-order valence-electron chi connectivity index (χ4n) is 3.78. The molecule has 166 valence electrons. The number of carbonyl (C=O) groups is 1. The smallest absolute Gasteiger partial charge is 0.243 e.